The van der Waals surface area contributed by atoms with Crippen molar-refractivity contribution >= 4 is 29.3 Å². The van der Waals surface area contributed by atoms with Gasteiger partial charge in [-0.25, -0.2) is 5.01 Å². The van der Waals surface area contributed by atoms with Crippen LogP contribution in [0.5, 0.6) is 11.5 Å². The van der Waals surface area contributed by atoms with Gasteiger partial charge in [0.2, 0.25) is 0 Å². The molecule has 0 spiro atoms. The van der Waals surface area contributed by atoms with Gasteiger partial charge in [-0.3, -0.25) is 4.79 Å². The Balaban J connectivity index is 1.55. The maximum Gasteiger partial charge on any atom is 0.274 e. The van der Waals surface area contributed by atoms with E-state index in [0.717, 1.165) is 47.6 Å². The first-order chi connectivity index (χ1) is 17.1. The van der Waals surface area contributed by atoms with E-state index in [1.807, 2.05) is 48.5 Å². The number of fused-ring (bicyclic) bond motifs is 1. The van der Waals surface area contributed by atoms with E-state index in [1.54, 1.807) is 43.5 Å². The fraction of sp³-hybridized carbons (Fsp3) is 0.241. The number of carbonyl (C=O) groups is 1. The van der Waals surface area contributed by atoms with E-state index >= 15 is 0 Å². The van der Waals surface area contributed by atoms with Gasteiger partial charge in [-0.2, -0.15) is 5.10 Å². The second kappa shape index (κ2) is 9.96. The molecule has 0 unspecified atom stereocenters. The van der Waals surface area contributed by atoms with Crippen molar-refractivity contribution in [2.75, 3.05) is 14.2 Å². The maximum absolute atomic E-state index is 13.7. The van der Waals surface area contributed by atoms with E-state index in [4.69, 9.17) is 26.2 Å². The molecule has 0 radical (unpaired) electrons. The van der Waals surface area contributed by atoms with Gasteiger partial charge in [-0.15, -0.1) is 0 Å². The molecule has 178 valence electrons. The van der Waals surface area contributed by atoms with Gasteiger partial charge in [0.05, 0.1) is 26.0 Å². The molecule has 1 heterocycles. The number of carbonyl (C=O) groups excluding carboxylic acids is 1. The summed E-state index contributed by atoms with van der Waals surface area (Å²) in [5, 5.41) is 7.23. The molecule has 2 aliphatic rings. The number of methoxy groups -OCH3 is 2. The highest BCUT2D eigenvalue weighted by atomic mass is 35.5. The van der Waals surface area contributed by atoms with Crippen LogP contribution in [0.1, 0.15) is 46.8 Å². The van der Waals surface area contributed by atoms with Gasteiger partial charge in [0.15, 0.2) is 0 Å². The van der Waals surface area contributed by atoms with Crippen LogP contribution in [-0.2, 0) is 0 Å². The van der Waals surface area contributed by atoms with Gasteiger partial charge >= 0.3 is 0 Å². The van der Waals surface area contributed by atoms with Gasteiger partial charge in [0.1, 0.15) is 11.5 Å². The maximum atomic E-state index is 13.7. The van der Waals surface area contributed by atoms with Crippen molar-refractivity contribution in [2.45, 2.75) is 25.3 Å². The minimum absolute atomic E-state index is 0.123. The van der Waals surface area contributed by atoms with Crippen molar-refractivity contribution in [1.82, 2.24) is 5.01 Å². The summed E-state index contributed by atoms with van der Waals surface area (Å²) in [5.74, 6) is 1.60. The van der Waals surface area contributed by atoms with Crippen LogP contribution in [-0.4, -0.2) is 30.8 Å². The predicted octanol–water partition coefficient (Wildman–Crippen LogP) is 6.79. The molecule has 3 aromatic carbocycles. The van der Waals surface area contributed by atoms with E-state index in [1.165, 1.54) is 5.57 Å². The summed E-state index contributed by atoms with van der Waals surface area (Å²) in [6.07, 6.45) is 5.13. The van der Waals surface area contributed by atoms with Crippen LogP contribution < -0.4 is 9.47 Å². The normalized spacial score (nSPS) is 20.4. The molecule has 5 rings (SSSR count). The number of benzene rings is 3. The molecule has 2 atom stereocenters. The highest BCUT2D eigenvalue weighted by molar-refractivity contribution is 6.30. The number of ether oxygens (including phenoxy) is 2. The Morgan fingerprint density at radius 3 is 2.20 bits per heavy atom. The van der Waals surface area contributed by atoms with Crippen LogP contribution in [0.2, 0.25) is 5.02 Å². The number of amides is 1. The van der Waals surface area contributed by atoms with Crippen LogP contribution in [0.15, 0.2) is 83.5 Å². The lowest BCUT2D eigenvalue weighted by Crippen LogP contribution is -2.31. The Kier molecular flexibility index (Phi) is 6.60. The van der Waals surface area contributed by atoms with Gasteiger partial charge in [0, 0.05) is 16.5 Å². The molecule has 1 saturated carbocycles. The van der Waals surface area contributed by atoms with Crippen molar-refractivity contribution in [3.63, 3.8) is 0 Å². The summed E-state index contributed by atoms with van der Waals surface area (Å²) < 4.78 is 10.6. The van der Waals surface area contributed by atoms with Crippen molar-refractivity contribution in [1.29, 1.82) is 0 Å². The monoisotopic (exact) mass is 486 g/mol. The van der Waals surface area contributed by atoms with E-state index in [0.29, 0.717) is 10.6 Å². The Bertz CT molecular complexity index is 1260. The van der Waals surface area contributed by atoms with Crippen molar-refractivity contribution in [3.8, 4) is 11.5 Å². The molecule has 1 aliphatic carbocycles. The molecule has 3 aromatic rings. The standard InChI is InChI=1S/C29H27ClN2O3/c1-34-24-14-6-19(7-15-24)18-22-4-3-5-26-27(22)31-32(29(33)21-8-12-23(30)13-9-21)28(26)20-10-16-25(35-2)17-11-20/h6-18,26,28H,3-5H2,1-2H3/b22-18-/t26-,28+/m0/s1. The summed E-state index contributed by atoms with van der Waals surface area (Å²) in [6, 6.07) is 22.8. The number of nitrogens with zero attached hydrogens (tertiary/aromatic N) is 2. The zero-order valence-electron chi connectivity index (χ0n) is 19.8. The first kappa shape index (κ1) is 23.2. The third-order valence-electron chi connectivity index (χ3n) is 6.71. The molecular weight excluding hydrogens is 460 g/mol. The molecule has 1 fully saturated rings. The number of allylic oxidation sites excluding steroid dienone is 1. The van der Waals surface area contributed by atoms with Gasteiger partial charge in [0.25, 0.3) is 5.91 Å². The summed E-state index contributed by atoms with van der Waals surface area (Å²) in [6.45, 7) is 0. The van der Waals surface area contributed by atoms with Crippen LogP contribution in [0.3, 0.4) is 0 Å². The molecule has 5 nitrogen and oxygen atoms in total. The van der Waals surface area contributed by atoms with Crippen LogP contribution in [0.25, 0.3) is 6.08 Å². The van der Waals surface area contributed by atoms with Crippen LogP contribution in [0.4, 0.5) is 0 Å². The minimum Gasteiger partial charge on any atom is -0.497 e. The molecule has 0 N–H and O–H groups in total. The largest absolute Gasteiger partial charge is 0.497 e. The lowest BCUT2D eigenvalue weighted by Gasteiger charge is -2.29. The van der Waals surface area contributed by atoms with Gasteiger partial charge in [-0.05, 0) is 90.6 Å². The molecule has 0 aromatic heterocycles. The van der Waals surface area contributed by atoms with Crippen molar-refractivity contribution in [2.24, 2.45) is 11.0 Å². The fourth-order valence-corrected chi connectivity index (χ4v) is 5.05. The lowest BCUT2D eigenvalue weighted by molar-refractivity contribution is 0.0681. The molecule has 1 aliphatic heterocycles. The topological polar surface area (TPSA) is 51.1 Å². The second-order valence-electron chi connectivity index (χ2n) is 8.80. The molecule has 1 amide bonds. The van der Waals surface area contributed by atoms with E-state index in [2.05, 4.69) is 6.08 Å². The third kappa shape index (κ3) is 4.69. The second-order valence-corrected chi connectivity index (χ2v) is 9.24. The molecule has 0 saturated heterocycles. The first-order valence-corrected chi connectivity index (χ1v) is 12.1. The summed E-state index contributed by atoms with van der Waals surface area (Å²) >= 11 is 6.06. The smallest absolute Gasteiger partial charge is 0.274 e. The van der Waals surface area contributed by atoms with Crippen LogP contribution >= 0.6 is 11.6 Å². The lowest BCUT2D eigenvalue weighted by atomic mass is 9.77. The Morgan fingerprint density at radius 2 is 1.57 bits per heavy atom. The number of hydrazone groups is 1. The van der Waals surface area contributed by atoms with Gasteiger partial charge < -0.3 is 9.47 Å². The Morgan fingerprint density at radius 1 is 0.943 bits per heavy atom. The number of hydrogen-bond donors (Lipinski definition) is 0. The Hall–Kier alpha value is -3.57. The summed E-state index contributed by atoms with van der Waals surface area (Å²) in [7, 11) is 3.32. The van der Waals surface area contributed by atoms with Crippen molar-refractivity contribution < 1.29 is 14.3 Å². The zero-order valence-corrected chi connectivity index (χ0v) is 20.5. The highest BCUT2D eigenvalue weighted by Crippen LogP contribution is 2.45. The average molecular weight is 487 g/mol. The van der Waals surface area contributed by atoms with Crippen LogP contribution in [0, 0.1) is 5.92 Å². The molecular formula is C29H27ClN2O3. The summed E-state index contributed by atoms with van der Waals surface area (Å²) in [4.78, 5) is 13.7. The number of rotatable bonds is 5. The molecule has 6 heteroatoms. The molecule has 35 heavy (non-hydrogen) atoms. The highest BCUT2D eigenvalue weighted by Gasteiger charge is 2.43. The third-order valence-corrected chi connectivity index (χ3v) is 6.97. The first-order valence-electron chi connectivity index (χ1n) is 11.7. The fourth-order valence-electron chi connectivity index (χ4n) is 4.93. The SMILES string of the molecule is COc1ccc(/C=C2/CCC[C@H]3C2=NN(C(=O)c2ccc(Cl)cc2)[C@@H]3c2ccc(OC)cc2)cc1. The Labute approximate surface area is 210 Å². The van der Waals surface area contributed by atoms with E-state index in [9.17, 15) is 4.79 Å². The quantitative estimate of drug-likeness (QED) is 0.398. The number of halogens is 1. The molecule has 0 bridgehead atoms. The predicted molar refractivity (Wildman–Crippen MR) is 139 cm³/mol. The summed E-state index contributed by atoms with van der Waals surface area (Å²) in [5.41, 5.74) is 4.87. The average Bonchev–Trinajstić information content (AvgIpc) is 3.30. The van der Waals surface area contributed by atoms with Gasteiger partial charge in [-0.1, -0.05) is 35.9 Å². The minimum atomic E-state index is -0.182. The van der Waals surface area contributed by atoms with Crippen molar-refractivity contribution in [3.05, 3.63) is 100 Å². The van der Waals surface area contributed by atoms with E-state index in [-0.39, 0.29) is 17.9 Å². The number of hydrogen-bond acceptors (Lipinski definition) is 4. The van der Waals surface area contributed by atoms with E-state index < -0.39 is 0 Å². The zero-order chi connectivity index (χ0) is 24.4.